The molecule has 0 unspecified atom stereocenters. The Morgan fingerprint density at radius 3 is 2.62 bits per heavy atom. The molecule has 24 heavy (non-hydrogen) atoms. The number of carbonyl (C=O) groups is 2. The third kappa shape index (κ3) is 4.95. The van der Waals surface area contributed by atoms with Crippen molar-refractivity contribution in [2.45, 2.75) is 6.92 Å². The summed E-state index contributed by atoms with van der Waals surface area (Å²) in [6.45, 7) is 2.01. The van der Waals surface area contributed by atoms with Gasteiger partial charge >= 0.3 is 5.97 Å². The Morgan fingerprint density at radius 2 is 1.96 bits per heavy atom. The average molecular weight is 326 g/mol. The van der Waals surface area contributed by atoms with Crippen LogP contribution in [-0.4, -0.2) is 30.6 Å². The van der Waals surface area contributed by atoms with E-state index in [2.05, 4.69) is 10.3 Å². The van der Waals surface area contributed by atoms with Gasteiger partial charge in [-0.1, -0.05) is 12.1 Å². The van der Waals surface area contributed by atoms with Gasteiger partial charge in [0.15, 0.2) is 0 Å². The minimum atomic E-state index is -0.454. The number of aromatic nitrogens is 1. The van der Waals surface area contributed by atoms with Gasteiger partial charge in [-0.05, 0) is 42.8 Å². The van der Waals surface area contributed by atoms with E-state index in [1.807, 2.05) is 24.3 Å². The van der Waals surface area contributed by atoms with E-state index in [0.29, 0.717) is 5.56 Å². The maximum atomic E-state index is 11.9. The van der Waals surface area contributed by atoms with Crippen LogP contribution in [0.5, 0.6) is 5.75 Å². The van der Waals surface area contributed by atoms with Crippen molar-refractivity contribution in [2.75, 3.05) is 19.0 Å². The first kappa shape index (κ1) is 17.2. The van der Waals surface area contributed by atoms with E-state index in [9.17, 15) is 9.59 Å². The topological polar surface area (TPSA) is 77.5 Å². The monoisotopic (exact) mass is 326 g/mol. The fourth-order valence-corrected chi connectivity index (χ4v) is 1.90. The zero-order chi connectivity index (χ0) is 17.4. The van der Waals surface area contributed by atoms with Crippen LogP contribution in [0.15, 0.2) is 48.7 Å². The van der Waals surface area contributed by atoms with E-state index in [1.54, 1.807) is 20.1 Å². The molecule has 0 bridgehead atoms. The highest BCUT2D eigenvalue weighted by Crippen LogP contribution is 2.13. The summed E-state index contributed by atoms with van der Waals surface area (Å²) in [7, 11) is 1.59. The molecule has 0 fully saturated rings. The maximum absolute atomic E-state index is 11.9. The first-order chi connectivity index (χ1) is 11.6. The number of anilines is 1. The van der Waals surface area contributed by atoms with Crippen LogP contribution in [0.2, 0.25) is 0 Å². The number of esters is 1. The van der Waals surface area contributed by atoms with Crippen molar-refractivity contribution in [1.82, 2.24) is 4.98 Å². The number of benzene rings is 1. The SMILES string of the molecule is CCOC(=O)c1ccnc(NC(=O)/C=C/c2ccc(OC)cc2)c1. The summed E-state index contributed by atoms with van der Waals surface area (Å²) >= 11 is 0. The molecule has 2 aromatic rings. The summed E-state index contributed by atoms with van der Waals surface area (Å²) in [6.07, 6.45) is 4.50. The van der Waals surface area contributed by atoms with Crippen LogP contribution in [0, 0.1) is 0 Å². The van der Waals surface area contributed by atoms with Crippen LogP contribution in [0.3, 0.4) is 0 Å². The largest absolute Gasteiger partial charge is 0.497 e. The van der Waals surface area contributed by atoms with Gasteiger partial charge < -0.3 is 14.8 Å². The second-order valence-corrected chi connectivity index (χ2v) is 4.75. The Bertz CT molecular complexity index is 739. The van der Waals surface area contributed by atoms with Crippen molar-refractivity contribution in [1.29, 1.82) is 0 Å². The van der Waals surface area contributed by atoms with Gasteiger partial charge in [-0.3, -0.25) is 4.79 Å². The smallest absolute Gasteiger partial charge is 0.338 e. The number of methoxy groups -OCH3 is 1. The molecule has 0 radical (unpaired) electrons. The number of carbonyl (C=O) groups excluding carboxylic acids is 2. The Labute approximate surface area is 140 Å². The van der Waals surface area contributed by atoms with E-state index in [0.717, 1.165) is 11.3 Å². The van der Waals surface area contributed by atoms with E-state index in [1.165, 1.54) is 24.4 Å². The molecule has 2 rings (SSSR count). The molecule has 1 amide bonds. The van der Waals surface area contributed by atoms with E-state index < -0.39 is 5.97 Å². The minimum Gasteiger partial charge on any atom is -0.497 e. The van der Waals surface area contributed by atoms with Crippen molar-refractivity contribution in [3.8, 4) is 5.75 Å². The van der Waals surface area contributed by atoms with Crippen molar-refractivity contribution >= 4 is 23.8 Å². The Morgan fingerprint density at radius 1 is 1.21 bits per heavy atom. The summed E-state index contributed by atoms with van der Waals surface area (Å²) < 4.78 is 9.98. The lowest BCUT2D eigenvalue weighted by atomic mass is 10.2. The molecule has 1 N–H and O–H groups in total. The first-order valence-corrected chi connectivity index (χ1v) is 7.38. The normalized spacial score (nSPS) is 10.4. The number of amides is 1. The minimum absolute atomic E-state index is 0.282. The predicted molar refractivity (Wildman–Crippen MR) is 90.9 cm³/mol. The highest BCUT2D eigenvalue weighted by atomic mass is 16.5. The number of pyridine rings is 1. The van der Waals surface area contributed by atoms with Gasteiger partial charge in [-0.2, -0.15) is 0 Å². The Kier molecular flexibility index (Phi) is 6.08. The number of rotatable bonds is 6. The number of hydrogen-bond acceptors (Lipinski definition) is 5. The molecule has 0 spiro atoms. The molecule has 0 aliphatic heterocycles. The van der Waals surface area contributed by atoms with E-state index in [4.69, 9.17) is 9.47 Å². The van der Waals surface area contributed by atoms with Gasteiger partial charge in [-0.25, -0.2) is 9.78 Å². The molecule has 6 heteroatoms. The lowest BCUT2D eigenvalue weighted by molar-refractivity contribution is -0.111. The van der Waals surface area contributed by atoms with Gasteiger partial charge in [-0.15, -0.1) is 0 Å². The fourth-order valence-electron chi connectivity index (χ4n) is 1.90. The van der Waals surface area contributed by atoms with Crippen molar-refractivity contribution < 1.29 is 19.1 Å². The molecule has 6 nitrogen and oxygen atoms in total. The number of hydrogen-bond donors (Lipinski definition) is 1. The molecule has 1 heterocycles. The van der Waals surface area contributed by atoms with Crippen molar-refractivity contribution in [3.05, 3.63) is 59.8 Å². The molecule has 0 saturated carbocycles. The van der Waals surface area contributed by atoms with Crippen LogP contribution >= 0.6 is 0 Å². The number of nitrogens with zero attached hydrogens (tertiary/aromatic N) is 1. The van der Waals surface area contributed by atoms with Crippen molar-refractivity contribution in [2.24, 2.45) is 0 Å². The van der Waals surface area contributed by atoms with Crippen LogP contribution in [0.4, 0.5) is 5.82 Å². The molecular formula is C18H18N2O4. The second-order valence-electron chi connectivity index (χ2n) is 4.75. The fraction of sp³-hybridized carbons (Fsp3) is 0.167. The van der Waals surface area contributed by atoms with Crippen LogP contribution in [-0.2, 0) is 9.53 Å². The number of nitrogens with one attached hydrogen (secondary N) is 1. The van der Waals surface area contributed by atoms with Gasteiger partial charge in [0, 0.05) is 12.3 Å². The summed E-state index contributed by atoms with van der Waals surface area (Å²) in [6, 6.07) is 10.3. The summed E-state index contributed by atoms with van der Waals surface area (Å²) in [4.78, 5) is 27.6. The van der Waals surface area contributed by atoms with Crippen molar-refractivity contribution in [3.63, 3.8) is 0 Å². The molecular weight excluding hydrogens is 308 g/mol. The zero-order valence-corrected chi connectivity index (χ0v) is 13.5. The van der Waals surface area contributed by atoms with Gasteiger partial charge in [0.25, 0.3) is 0 Å². The molecule has 124 valence electrons. The van der Waals surface area contributed by atoms with E-state index >= 15 is 0 Å². The zero-order valence-electron chi connectivity index (χ0n) is 13.5. The highest BCUT2D eigenvalue weighted by Gasteiger charge is 2.08. The molecule has 0 atom stereocenters. The lowest BCUT2D eigenvalue weighted by Crippen LogP contribution is -2.11. The standard InChI is InChI=1S/C18H18N2O4/c1-3-24-18(22)14-10-11-19-16(12-14)20-17(21)9-6-13-4-7-15(23-2)8-5-13/h4-12H,3H2,1-2H3,(H,19,20,21)/b9-6+. The summed E-state index contributed by atoms with van der Waals surface area (Å²) in [5.41, 5.74) is 1.19. The van der Waals surface area contributed by atoms with Gasteiger partial charge in [0.1, 0.15) is 11.6 Å². The Hall–Kier alpha value is -3.15. The molecule has 0 aliphatic carbocycles. The lowest BCUT2D eigenvalue weighted by Gasteiger charge is -2.04. The quantitative estimate of drug-likeness (QED) is 0.652. The summed E-state index contributed by atoms with van der Waals surface area (Å²) in [5, 5.41) is 2.60. The van der Waals surface area contributed by atoms with Crippen LogP contribution in [0.25, 0.3) is 6.08 Å². The third-order valence-corrected chi connectivity index (χ3v) is 3.07. The maximum Gasteiger partial charge on any atom is 0.338 e. The highest BCUT2D eigenvalue weighted by molar-refractivity contribution is 6.02. The number of ether oxygens (including phenoxy) is 2. The average Bonchev–Trinajstić information content (AvgIpc) is 2.61. The molecule has 0 aliphatic rings. The second kappa shape index (κ2) is 8.47. The van der Waals surface area contributed by atoms with Crippen LogP contribution in [0.1, 0.15) is 22.8 Å². The first-order valence-electron chi connectivity index (χ1n) is 7.38. The Balaban J connectivity index is 1.99. The van der Waals surface area contributed by atoms with Gasteiger partial charge in [0.2, 0.25) is 5.91 Å². The summed E-state index contributed by atoms with van der Waals surface area (Å²) in [5.74, 6) is 0.227. The predicted octanol–water partition coefficient (Wildman–Crippen LogP) is 2.92. The van der Waals surface area contributed by atoms with Crippen LogP contribution < -0.4 is 10.1 Å². The molecule has 0 saturated heterocycles. The third-order valence-electron chi connectivity index (χ3n) is 3.07. The van der Waals surface area contributed by atoms with E-state index in [-0.39, 0.29) is 18.3 Å². The molecule has 1 aromatic carbocycles. The van der Waals surface area contributed by atoms with Gasteiger partial charge in [0.05, 0.1) is 19.3 Å². The molecule has 1 aromatic heterocycles.